The smallest absolute Gasteiger partial charge is 0.241 e. The first-order chi connectivity index (χ1) is 13.6. The second kappa shape index (κ2) is 10.0. The maximum atomic E-state index is 12.6. The van der Waals surface area contributed by atoms with Crippen LogP contribution >= 0.6 is 0 Å². The summed E-state index contributed by atoms with van der Waals surface area (Å²) in [6, 6.07) is 15.6. The van der Waals surface area contributed by atoms with E-state index < -0.39 is 16.1 Å². The first kappa shape index (κ1) is 23.1. The molecular weight excluding hydrogens is 386 g/mol. The first-order valence-electron chi connectivity index (χ1n) is 9.84. The quantitative estimate of drug-likeness (QED) is 0.581. The molecule has 0 heterocycles. The van der Waals surface area contributed by atoms with Gasteiger partial charge in [0.2, 0.25) is 15.9 Å². The van der Waals surface area contributed by atoms with E-state index in [1.165, 1.54) is 12.1 Å². The van der Waals surface area contributed by atoms with Crippen molar-refractivity contribution in [1.29, 1.82) is 0 Å². The lowest BCUT2D eigenvalue weighted by atomic mass is 9.95. The van der Waals surface area contributed by atoms with E-state index in [4.69, 9.17) is 0 Å². The van der Waals surface area contributed by atoms with Crippen LogP contribution in [-0.4, -0.2) is 26.4 Å². The lowest BCUT2D eigenvalue weighted by Gasteiger charge is -2.26. The second-order valence-electron chi connectivity index (χ2n) is 7.81. The fraction of sp³-hybridized carbons (Fsp3) is 0.409. The Balaban J connectivity index is 2.03. The van der Waals surface area contributed by atoms with Crippen LogP contribution in [0.1, 0.15) is 46.2 Å². The van der Waals surface area contributed by atoms with Crippen molar-refractivity contribution >= 4 is 21.6 Å². The highest BCUT2D eigenvalue weighted by Gasteiger charge is 2.22. The number of carbonyl (C=O) groups excluding carboxylic acids is 1. The lowest BCUT2D eigenvalue weighted by Crippen LogP contribution is -2.41. The fourth-order valence-corrected chi connectivity index (χ4v) is 4.28. The van der Waals surface area contributed by atoms with Gasteiger partial charge < -0.3 is 5.32 Å². The molecular formula is C22H31N3O3S. The minimum Gasteiger partial charge on any atom is -0.325 e. The second-order valence-corrected chi connectivity index (χ2v) is 9.52. The van der Waals surface area contributed by atoms with Gasteiger partial charge in [-0.25, -0.2) is 13.1 Å². The van der Waals surface area contributed by atoms with Crippen molar-refractivity contribution in [2.45, 2.75) is 57.6 Å². The molecule has 0 saturated heterocycles. The number of hydrogen-bond donors (Lipinski definition) is 3. The molecule has 0 aromatic heterocycles. The van der Waals surface area contributed by atoms with E-state index in [-0.39, 0.29) is 22.9 Å². The Kier molecular flexibility index (Phi) is 7.96. The van der Waals surface area contributed by atoms with Crippen LogP contribution in [0.2, 0.25) is 0 Å². The van der Waals surface area contributed by atoms with Gasteiger partial charge in [-0.15, -0.1) is 0 Å². The molecule has 0 radical (unpaired) electrons. The van der Waals surface area contributed by atoms with Gasteiger partial charge in [0.15, 0.2) is 0 Å². The van der Waals surface area contributed by atoms with Crippen LogP contribution < -0.4 is 15.4 Å². The van der Waals surface area contributed by atoms with Crippen molar-refractivity contribution in [1.82, 2.24) is 10.0 Å². The normalized spacial score (nSPS) is 14.0. The largest absolute Gasteiger partial charge is 0.325 e. The lowest BCUT2D eigenvalue weighted by molar-refractivity contribution is -0.118. The van der Waals surface area contributed by atoms with Gasteiger partial charge >= 0.3 is 0 Å². The monoisotopic (exact) mass is 417 g/mol. The van der Waals surface area contributed by atoms with E-state index in [1.54, 1.807) is 26.0 Å². The SMILES string of the molecule is CC(C)NS(=O)(=O)c1ccc(NC(=O)[C@H](C)N[C@H](c2ccccc2)C(C)C)cc1. The van der Waals surface area contributed by atoms with Gasteiger partial charge in [0.1, 0.15) is 0 Å². The van der Waals surface area contributed by atoms with Crippen molar-refractivity contribution < 1.29 is 13.2 Å². The molecule has 6 nitrogen and oxygen atoms in total. The minimum atomic E-state index is -3.55. The number of hydrogen-bond acceptors (Lipinski definition) is 4. The average molecular weight is 418 g/mol. The Labute approximate surface area is 174 Å². The number of amides is 1. The Bertz CT molecular complexity index is 895. The third-order valence-corrected chi connectivity index (χ3v) is 6.15. The van der Waals surface area contributed by atoms with E-state index in [9.17, 15) is 13.2 Å². The predicted octanol–water partition coefficient (Wildman–Crippen LogP) is 3.69. The highest BCUT2D eigenvalue weighted by molar-refractivity contribution is 7.89. The van der Waals surface area contributed by atoms with E-state index >= 15 is 0 Å². The van der Waals surface area contributed by atoms with Gasteiger partial charge in [-0.2, -0.15) is 0 Å². The number of nitrogens with one attached hydrogen (secondary N) is 3. The van der Waals surface area contributed by atoms with Gasteiger partial charge in [0, 0.05) is 17.8 Å². The van der Waals surface area contributed by atoms with Gasteiger partial charge in [-0.3, -0.25) is 10.1 Å². The third kappa shape index (κ3) is 6.66. The number of rotatable bonds is 9. The van der Waals surface area contributed by atoms with Crippen LogP contribution in [0.4, 0.5) is 5.69 Å². The van der Waals surface area contributed by atoms with Gasteiger partial charge in [-0.1, -0.05) is 44.2 Å². The van der Waals surface area contributed by atoms with Crippen molar-refractivity contribution in [2.75, 3.05) is 5.32 Å². The molecule has 2 aromatic carbocycles. The summed E-state index contributed by atoms with van der Waals surface area (Å²) < 4.78 is 26.9. The summed E-state index contributed by atoms with van der Waals surface area (Å²) in [5.41, 5.74) is 1.68. The van der Waals surface area contributed by atoms with Crippen LogP contribution in [0.25, 0.3) is 0 Å². The molecule has 0 unspecified atom stereocenters. The molecule has 7 heteroatoms. The van der Waals surface area contributed by atoms with Gasteiger partial charge in [-0.05, 0) is 56.5 Å². The molecule has 0 aliphatic heterocycles. The molecule has 2 atom stereocenters. The minimum absolute atomic E-state index is 0.0478. The molecule has 0 bridgehead atoms. The van der Waals surface area contributed by atoms with Gasteiger partial charge in [0.25, 0.3) is 0 Å². The van der Waals surface area contributed by atoms with Crippen molar-refractivity contribution in [3.05, 3.63) is 60.2 Å². The van der Waals surface area contributed by atoms with Crippen molar-refractivity contribution in [3.63, 3.8) is 0 Å². The van der Waals surface area contributed by atoms with Gasteiger partial charge in [0.05, 0.1) is 10.9 Å². The molecule has 0 spiro atoms. The maximum absolute atomic E-state index is 12.6. The van der Waals surface area contributed by atoms with E-state index in [1.807, 2.05) is 37.3 Å². The number of benzene rings is 2. The Morgan fingerprint density at radius 1 is 0.862 bits per heavy atom. The fourth-order valence-electron chi connectivity index (χ4n) is 3.03. The van der Waals surface area contributed by atoms with Crippen LogP contribution in [0.5, 0.6) is 0 Å². The maximum Gasteiger partial charge on any atom is 0.241 e. The summed E-state index contributed by atoms with van der Waals surface area (Å²) >= 11 is 0. The molecule has 29 heavy (non-hydrogen) atoms. The highest BCUT2D eigenvalue weighted by atomic mass is 32.2. The molecule has 158 valence electrons. The number of sulfonamides is 1. The summed E-state index contributed by atoms with van der Waals surface area (Å²) in [5, 5.41) is 6.23. The number of anilines is 1. The molecule has 2 aromatic rings. The Hall–Kier alpha value is -2.22. The van der Waals surface area contributed by atoms with Crippen molar-refractivity contribution in [3.8, 4) is 0 Å². The van der Waals surface area contributed by atoms with Crippen LogP contribution in [0.15, 0.2) is 59.5 Å². The highest BCUT2D eigenvalue weighted by Crippen LogP contribution is 2.22. The molecule has 2 rings (SSSR count). The Morgan fingerprint density at radius 2 is 1.45 bits per heavy atom. The van der Waals surface area contributed by atoms with Crippen molar-refractivity contribution in [2.24, 2.45) is 5.92 Å². The zero-order valence-electron chi connectivity index (χ0n) is 17.6. The van der Waals surface area contributed by atoms with Crippen LogP contribution in [0, 0.1) is 5.92 Å². The summed E-state index contributed by atoms with van der Waals surface area (Å²) in [5.74, 6) is 0.132. The van der Waals surface area contributed by atoms with E-state index in [0.717, 1.165) is 5.56 Å². The third-order valence-electron chi connectivity index (χ3n) is 4.47. The molecule has 0 aliphatic rings. The first-order valence-corrected chi connectivity index (χ1v) is 11.3. The summed E-state index contributed by atoms with van der Waals surface area (Å²) in [6.07, 6.45) is 0. The molecule has 0 saturated carbocycles. The van der Waals surface area contributed by atoms with Crippen LogP contribution in [0.3, 0.4) is 0 Å². The predicted molar refractivity (Wildman–Crippen MR) is 117 cm³/mol. The summed E-state index contributed by atoms with van der Waals surface area (Å²) in [4.78, 5) is 12.8. The zero-order chi connectivity index (χ0) is 21.6. The average Bonchev–Trinajstić information content (AvgIpc) is 2.65. The summed E-state index contributed by atoms with van der Waals surface area (Å²) in [7, 11) is -3.55. The molecule has 3 N–H and O–H groups in total. The molecule has 1 amide bonds. The standard InChI is InChI=1S/C22H31N3O3S/c1-15(2)21(18-9-7-6-8-10-18)23-17(5)22(26)24-19-11-13-20(14-12-19)29(27,28)25-16(3)4/h6-17,21,23,25H,1-5H3,(H,24,26)/t17-,21-/m0/s1. The van der Waals surface area contributed by atoms with Crippen LogP contribution in [-0.2, 0) is 14.8 Å². The topological polar surface area (TPSA) is 87.3 Å². The van der Waals surface area contributed by atoms with E-state index in [2.05, 4.69) is 29.2 Å². The van der Waals surface area contributed by atoms with E-state index in [0.29, 0.717) is 11.6 Å². The Morgan fingerprint density at radius 3 is 1.97 bits per heavy atom. The summed E-state index contributed by atoms with van der Waals surface area (Å²) in [6.45, 7) is 9.57. The zero-order valence-corrected chi connectivity index (χ0v) is 18.5. The number of carbonyl (C=O) groups is 1. The molecule has 0 fully saturated rings. The molecule has 0 aliphatic carbocycles.